The normalized spacial score (nSPS) is 13.3. The second-order valence-corrected chi connectivity index (χ2v) is 7.84. The van der Waals surface area contributed by atoms with E-state index in [4.69, 9.17) is 5.11 Å². The van der Waals surface area contributed by atoms with Gasteiger partial charge < -0.3 is 19.3 Å². The summed E-state index contributed by atoms with van der Waals surface area (Å²) >= 11 is 0. The smallest absolute Gasteiger partial charge is 0.337 e. The van der Waals surface area contributed by atoms with Crippen molar-refractivity contribution in [2.75, 3.05) is 0 Å². The van der Waals surface area contributed by atoms with Gasteiger partial charge in [-0.15, -0.1) is 0 Å². The van der Waals surface area contributed by atoms with Gasteiger partial charge in [0.1, 0.15) is 0 Å². The molecule has 0 radical (unpaired) electrons. The lowest BCUT2D eigenvalue weighted by atomic mass is 10.1. The summed E-state index contributed by atoms with van der Waals surface area (Å²) in [5.74, 6) is -0.839. The third kappa shape index (κ3) is 4.02. The van der Waals surface area contributed by atoms with Crippen LogP contribution in [-0.2, 0) is 32.5 Å². The number of aromatic carboxylic acids is 1. The predicted octanol–water partition coefficient (Wildman–Crippen LogP) is 5.79. The number of aliphatic hydroxyl groups is 1. The highest BCUT2D eigenvalue weighted by molar-refractivity contribution is 6.02. The third-order valence-electron chi connectivity index (χ3n) is 6.13. The maximum Gasteiger partial charge on any atom is 0.337 e. The molecule has 2 aromatic carbocycles. The van der Waals surface area contributed by atoms with Crippen LogP contribution in [0.5, 0.6) is 0 Å². The van der Waals surface area contributed by atoms with Gasteiger partial charge in [0.05, 0.1) is 23.2 Å². The van der Waals surface area contributed by atoms with Crippen LogP contribution in [0.1, 0.15) is 55.0 Å². The molecule has 0 aliphatic carbocycles. The molecule has 5 nitrogen and oxygen atoms in total. The number of para-hydroxylation sites is 2. The van der Waals surface area contributed by atoms with Crippen molar-refractivity contribution >= 4 is 27.8 Å². The number of fused-ring (bicyclic) bond motifs is 6. The Labute approximate surface area is 188 Å². The number of hydrogen-bond donors (Lipinski definition) is 2. The van der Waals surface area contributed by atoms with Crippen molar-refractivity contribution in [3.8, 4) is 0 Å². The summed E-state index contributed by atoms with van der Waals surface area (Å²) in [5.41, 5.74) is 6.27. The maximum atomic E-state index is 11.1. The molecule has 172 valence electrons. The van der Waals surface area contributed by atoms with Crippen molar-refractivity contribution < 1.29 is 19.7 Å². The van der Waals surface area contributed by atoms with Crippen LogP contribution in [-0.4, -0.2) is 25.3 Å². The molecule has 0 saturated carbocycles. The van der Waals surface area contributed by atoms with Gasteiger partial charge in [-0.2, -0.15) is 0 Å². The number of aryl methyl sites for hydroxylation is 4. The van der Waals surface area contributed by atoms with E-state index < -0.39 is 5.97 Å². The van der Waals surface area contributed by atoms with Gasteiger partial charge in [0.2, 0.25) is 0 Å². The molecule has 6 rings (SSSR count). The summed E-state index contributed by atoms with van der Waals surface area (Å²) in [6, 6.07) is 16.0. The molecule has 0 bridgehead atoms. The van der Waals surface area contributed by atoms with Gasteiger partial charge in [-0.1, -0.05) is 45.2 Å². The molecule has 0 amide bonds. The monoisotopic (exact) mass is 440 g/mol. The Hall–Kier alpha value is -3.12. The van der Waals surface area contributed by atoms with Crippen LogP contribution < -0.4 is 0 Å². The van der Waals surface area contributed by atoms with Gasteiger partial charge in [-0.05, 0) is 43.9 Å². The average molecular weight is 441 g/mol. The van der Waals surface area contributed by atoms with E-state index in [1.807, 2.05) is 24.3 Å². The highest BCUT2D eigenvalue weighted by Gasteiger charge is 2.19. The van der Waals surface area contributed by atoms with Gasteiger partial charge in [0, 0.05) is 40.8 Å². The lowest BCUT2D eigenvalue weighted by molar-refractivity contribution is 0.0698. The van der Waals surface area contributed by atoms with E-state index in [0.29, 0.717) is 5.56 Å². The minimum absolute atomic E-state index is 0. The SMILES string of the molecule is C.C.F.O=C(O)c1cccc2cc3n(c12)CCC3.OCc1cccc2cc3n(c12)CCC3. The fraction of sp³-hybridized carbons (Fsp3) is 0.346. The number of aliphatic hydroxyl groups excluding tert-OH is 1. The predicted molar refractivity (Wildman–Crippen MR) is 129 cm³/mol. The minimum Gasteiger partial charge on any atom is -0.478 e. The van der Waals surface area contributed by atoms with E-state index in [0.717, 1.165) is 42.4 Å². The van der Waals surface area contributed by atoms with Crippen LogP contribution in [0.25, 0.3) is 21.8 Å². The Morgan fingerprint density at radius 1 is 0.844 bits per heavy atom. The van der Waals surface area contributed by atoms with E-state index in [1.165, 1.54) is 35.1 Å². The molecular weight excluding hydrogens is 407 g/mol. The Morgan fingerprint density at radius 2 is 1.38 bits per heavy atom. The second-order valence-electron chi connectivity index (χ2n) is 7.84. The highest BCUT2D eigenvalue weighted by atomic mass is 19.0. The summed E-state index contributed by atoms with van der Waals surface area (Å²) in [5, 5.41) is 20.7. The number of halogens is 1. The van der Waals surface area contributed by atoms with E-state index >= 15 is 0 Å². The number of aromatic nitrogens is 2. The first kappa shape index (κ1) is 25.1. The first-order chi connectivity index (χ1) is 14.2. The Morgan fingerprint density at radius 3 is 1.94 bits per heavy atom. The molecule has 2 aliphatic heterocycles. The zero-order valence-electron chi connectivity index (χ0n) is 16.7. The van der Waals surface area contributed by atoms with E-state index in [2.05, 4.69) is 27.3 Å². The molecule has 2 N–H and O–H groups in total. The van der Waals surface area contributed by atoms with Crippen molar-refractivity contribution in [1.29, 1.82) is 0 Å². The number of benzene rings is 2. The van der Waals surface area contributed by atoms with Crippen LogP contribution >= 0.6 is 0 Å². The molecule has 0 saturated heterocycles. The fourth-order valence-corrected chi connectivity index (χ4v) is 4.90. The summed E-state index contributed by atoms with van der Waals surface area (Å²) in [6.45, 7) is 2.19. The number of nitrogens with zero attached hydrogens (tertiary/aromatic N) is 2. The summed E-state index contributed by atoms with van der Waals surface area (Å²) < 4.78 is 4.49. The van der Waals surface area contributed by atoms with Gasteiger partial charge in [-0.25, -0.2) is 4.79 Å². The largest absolute Gasteiger partial charge is 0.478 e. The number of carboxylic acids is 1. The first-order valence-electron chi connectivity index (χ1n) is 10.2. The lowest BCUT2D eigenvalue weighted by Crippen LogP contribution is -2.01. The topological polar surface area (TPSA) is 67.4 Å². The van der Waals surface area contributed by atoms with Crippen molar-refractivity contribution in [3.63, 3.8) is 0 Å². The third-order valence-corrected chi connectivity index (χ3v) is 6.13. The molecule has 2 aromatic heterocycles. The summed E-state index contributed by atoms with van der Waals surface area (Å²) in [4.78, 5) is 11.1. The maximum absolute atomic E-state index is 11.1. The summed E-state index contributed by atoms with van der Waals surface area (Å²) in [6.07, 6.45) is 4.61. The first-order valence-corrected chi connectivity index (χ1v) is 10.2. The number of hydrogen-bond acceptors (Lipinski definition) is 2. The molecule has 0 fully saturated rings. The zero-order valence-corrected chi connectivity index (χ0v) is 16.7. The number of rotatable bonds is 2. The van der Waals surface area contributed by atoms with Crippen LogP contribution in [0.15, 0.2) is 48.5 Å². The Bertz CT molecular complexity index is 1240. The van der Waals surface area contributed by atoms with Crippen LogP contribution in [0.3, 0.4) is 0 Å². The number of carboxylic acid groups (broad SMARTS) is 1. The highest BCUT2D eigenvalue weighted by Crippen LogP contribution is 2.29. The van der Waals surface area contributed by atoms with Crippen molar-refractivity contribution in [2.24, 2.45) is 0 Å². The minimum atomic E-state index is -0.839. The lowest BCUT2D eigenvalue weighted by Gasteiger charge is -2.04. The van der Waals surface area contributed by atoms with Gasteiger partial charge in [0.25, 0.3) is 0 Å². The quantitative estimate of drug-likeness (QED) is 0.415. The zero-order chi connectivity index (χ0) is 20.0. The fourth-order valence-electron chi connectivity index (χ4n) is 4.90. The van der Waals surface area contributed by atoms with Crippen LogP contribution in [0.2, 0.25) is 0 Å². The average Bonchev–Trinajstić information content (AvgIpc) is 3.47. The Kier molecular flexibility index (Phi) is 7.86. The van der Waals surface area contributed by atoms with Gasteiger partial charge in [-0.3, -0.25) is 4.70 Å². The van der Waals surface area contributed by atoms with Crippen LogP contribution in [0, 0.1) is 0 Å². The van der Waals surface area contributed by atoms with E-state index in [9.17, 15) is 9.90 Å². The molecule has 0 atom stereocenters. The van der Waals surface area contributed by atoms with Crippen molar-refractivity contribution in [2.45, 2.75) is 60.2 Å². The molecule has 4 aromatic rings. The van der Waals surface area contributed by atoms with Crippen molar-refractivity contribution in [1.82, 2.24) is 9.13 Å². The summed E-state index contributed by atoms with van der Waals surface area (Å²) in [7, 11) is 0. The van der Waals surface area contributed by atoms with E-state index in [-0.39, 0.29) is 26.2 Å². The van der Waals surface area contributed by atoms with Crippen molar-refractivity contribution in [3.05, 3.63) is 71.0 Å². The Balaban J connectivity index is 0.000000208. The molecule has 32 heavy (non-hydrogen) atoms. The van der Waals surface area contributed by atoms with E-state index in [1.54, 1.807) is 6.07 Å². The second kappa shape index (κ2) is 10.0. The molecule has 0 unspecified atom stereocenters. The molecule has 0 spiro atoms. The standard InChI is InChI=1S/C12H11NO2.C12H13NO.2CH4.FH/c14-12(15)10-5-1-3-8-7-9-4-2-6-13(9)11(8)10;14-8-10-4-1-3-9-7-11-5-2-6-13(11)12(9)10;;;/h1,3,5,7H,2,4,6H2,(H,14,15);1,3-4,7,14H,2,5-6,8H2;2*1H4;1H. The van der Waals surface area contributed by atoms with Crippen LogP contribution in [0.4, 0.5) is 4.70 Å². The number of carbonyl (C=O) groups is 1. The van der Waals surface area contributed by atoms with Gasteiger partial charge >= 0.3 is 5.97 Å². The molecule has 6 heteroatoms. The molecule has 4 heterocycles. The van der Waals surface area contributed by atoms with Gasteiger partial charge in [0.15, 0.2) is 0 Å². The molecule has 2 aliphatic rings. The molecular formula is C26H33FN2O3.